The van der Waals surface area contributed by atoms with Gasteiger partial charge in [0, 0.05) is 18.2 Å². The van der Waals surface area contributed by atoms with Gasteiger partial charge in [-0.15, -0.1) is 0 Å². The number of halogens is 1. The molecular formula is C26H31FN2O2. The van der Waals surface area contributed by atoms with Crippen LogP contribution in [0.1, 0.15) is 58.2 Å². The lowest BCUT2D eigenvalue weighted by molar-refractivity contribution is 0.0566. The Balaban J connectivity index is 1.53. The Labute approximate surface area is 183 Å². The zero-order valence-corrected chi connectivity index (χ0v) is 18.4. The molecule has 5 heteroatoms. The largest absolute Gasteiger partial charge is 0.505 e. The summed E-state index contributed by atoms with van der Waals surface area (Å²) in [4.78, 5) is 9.02. The molecule has 3 aromatic rings. The third-order valence-corrected chi connectivity index (χ3v) is 5.28. The molecule has 2 aromatic carbocycles. The molecule has 31 heavy (non-hydrogen) atoms. The summed E-state index contributed by atoms with van der Waals surface area (Å²) in [7, 11) is 0. The molecule has 3 rings (SSSR count). The fourth-order valence-electron chi connectivity index (χ4n) is 3.43. The van der Waals surface area contributed by atoms with Crippen molar-refractivity contribution in [3.05, 3.63) is 60.3 Å². The molecule has 0 bridgehead atoms. The Morgan fingerprint density at radius 3 is 2.71 bits per heavy atom. The third-order valence-electron chi connectivity index (χ3n) is 5.28. The number of benzene rings is 2. The highest BCUT2D eigenvalue weighted by molar-refractivity contribution is 5.84. The minimum atomic E-state index is -0.633. The first-order valence-corrected chi connectivity index (χ1v) is 11.1. The summed E-state index contributed by atoms with van der Waals surface area (Å²) in [6.07, 6.45) is 12.8. The average Bonchev–Trinajstić information content (AvgIpc) is 2.78. The van der Waals surface area contributed by atoms with Crippen molar-refractivity contribution < 1.29 is 14.2 Å². The van der Waals surface area contributed by atoms with E-state index in [9.17, 15) is 9.50 Å². The Bertz CT molecular complexity index is 1020. The van der Waals surface area contributed by atoms with Crippen LogP contribution in [0.25, 0.3) is 28.1 Å². The monoisotopic (exact) mass is 422 g/mol. The summed E-state index contributed by atoms with van der Waals surface area (Å²) in [5.74, 6) is -0.301. The highest BCUT2D eigenvalue weighted by atomic mass is 19.1. The molecule has 0 aliphatic rings. The van der Waals surface area contributed by atoms with Crippen molar-refractivity contribution in [3.63, 3.8) is 0 Å². The van der Waals surface area contributed by atoms with Crippen LogP contribution < -0.4 is 0 Å². The predicted octanol–water partition coefficient (Wildman–Crippen LogP) is 6.92. The van der Waals surface area contributed by atoms with E-state index in [4.69, 9.17) is 4.74 Å². The fraction of sp³-hybridized carbons (Fsp3) is 0.385. The summed E-state index contributed by atoms with van der Waals surface area (Å²) in [5, 5.41) is 10.3. The summed E-state index contributed by atoms with van der Waals surface area (Å²) in [6, 6.07) is 10.1. The number of rotatable bonds is 11. The highest BCUT2D eigenvalue weighted by Crippen LogP contribution is 2.27. The van der Waals surface area contributed by atoms with Gasteiger partial charge in [-0.3, -0.25) is 0 Å². The van der Waals surface area contributed by atoms with Gasteiger partial charge in [0.15, 0.2) is 17.4 Å². The van der Waals surface area contributed by atoms with Crippen LogP contribution in [0.15, 0.2) is 48.7 Å². The first-order chi connectivity index (χ1) is 15.1. The van der Waals surface area contributed by atoms with E-state index in [2.05, 4.69) is 29.9 Å². The quantitative estimate of drug-likeness (QED) is 0.341. The summed E-state index contributed by atoms with van der Waals surface area (Å²) in [5.41, 5.74) is 2.39. The number of aromatic hydroxyl groups is 1. The maximum atomic E-state index is 13.6. The Morgan fingerprint density at radius 2 is 1.90 bits per heavy atom. The summed E-state index contributed by atoms with van der Waals surface area (Å²) < 4.78 is 19.5. The van der Waals surface area contributed by atoms with Gasteiger partial charge in [0.2, 0.25) is 0 Å². The number of phenolic OH excluding ortho intramolecular Hbond substituents is 1. The van der Waals surface area contributed by atoms with E-state index in [1.54, 1.807) is 12.3 Å². The predicted molar refractivity (Wildman–Crippen MR) is 124 cm³/mol. The maximum Gasteiger partial charge on any atom is 0.165 e. The van der Waals surface area contributed by atoms with Crippen LogP contribution in [0.4, 0.5) is 4.39 Å². The first kappa shape index (κ1) is 22.9. The minimum absolute atomic E-state index is 0.304. The van der Waals surface area contributed by atoms with Crippen LogP contribution in [0.3, 0.4) is 0 Å². The van der Waals surface area contributed by atoms with Crippen molar-refractivity contribution >= 4 is 17.0 Å². The van der Waals surface area contributed by atoms with E-state index < -0.39 is 5.82 Å². The number of fused-ring (bicyclic) bond motifs is 1. The van der Waals surface area contributed by atoms with Crippen LogP contribution in [0.5, 0.6) is 5.75 Å². The molecule has 0 saturated heterocycles. The van der Waals surface area contributed by atoms with Crippen LogP contribution in [-0.4, -0.2) is 27.8 Å². The van der Waals surface area contributed by atoms with Crippen molar-refractivity contribution in [2.45, 2.75) is 58.5 Å². The molecular weight excluding hydrogens is 391 g/mol. The number of ether oxygens (including phenoxy) is 1. The molecule has 0 spiro atoms. The normalized spacial score (nSPS) is 12.6. The van der Waals surface area contributed by atoms with Crippen molar-refractivity contribution in [1.29, 1.82) is 0 Å². The second-order valence-electron chi connectivity index (χ2n) is 7.89. The van der Waals surface area contributed by atoms with E-state index >= 15 is 0 Å². The Hall–Kier alpha value is -2.79. The molecule has 1 aromatic heterocycles. The van der Waals surface area contributed by atoms with Crippen molar-refractivity contribution in [2.75, 3.05) is 6.61 Å². The van der Waals surface area contributed by atoms with E-state index in [0.717, 1.165) is 48.8 Å². The standard InChI is InChI=1S/C26H31FN2O2/c1-3-4-8-15-31-19(2)9-6-5-7-10-26-28-18-22-16-20(11-13-24(22)29-26)21-12-14-25(30)23(27)17-21/h7,10-14,16-19,30H,3-6,8-9,15H2,1-2H3/b10-7+. The minimum Gasteiger partial charge on any atom is -0.505 e. The van der Waals surface area contributed by atoms with Gasteiger partial charge in [-0.05, 0) is 74.1 Å². The molecule has 1 unspecified atom stereocenters. The average molecular weight is 423 g/mol. The molecule has 164 valence electrons. The van der Waals surface area contributed by atoms with Gasteiger partial charge in [0.1, 0.15) is 0 Å². The molecule has 0 fully saturated rings. The lowest BCUT2D eigenvalue weighted by Crippen LogP contribution is -2.08. The lowest BCUT2D eigenvalue weighted by Gasteiger charge is -2.11. The molecule has 0 radical (unpaired) electrons. The zero-order chi connectivity index (χ0) is 22.1. The van der Waals surface area contributed by atoms with Crippen molar-refractivity contribution in [3.8, 4) is 16.9 Å². The van der Waals surface area contributed by atoms with Crippen LogP contribution >= 0.6 is 0 Å². The van der Waals surface area contributed by atoms with Gasteiger partial charge in [-0.2, -0.15) is 0 Å². The molecule has 0 aliphatic heterocycles. The number of hydrogen-bond donors (Lipinski definition) is 1. The molecule has 4 nitrogen and oxygen atoms in total. The van der Waals surface area contributed by atoms with E-state index in [0.29, 0.717) is 17.5 Å². The van der Waals surface area contributed by atoms with E-state index in [1.165, 1.54) is 25.0 Å². The number of aromatic nitrogens is 2. The Morgan fingerprint density at radius 1 is 1.10 bits per heavy atom. The second-order valence-corrected chi connectivity index (χ2v) is 7.89. The van der Waals surface area contributed by atoms with Gasteiger partial charge in [0.05, 0.1) is 11.6 Å². The number of nitrogens with zero attached hydrogens (tertiary/aromatic N) is 2. The van der Waals surface area contributed by atoms with E-state index in [-0.39, 0.29) is 5.75 Å². The number of allylic oxidation sites excluding steroid dienone is 1. The maximum absolute atomic E-state index is 13.6. The summed E-state index contributed by atoms with van der Waals surface area (Å²) >= 11 is 0. The molecule has 1 N–H and O–H groups in total. The van der Waals surface area contributed by atoms with Crippen molar-refractivity contribution in [1.82, 2.24) is 9.97 Å². The fourth-order valence-corrected chi connectivity index (χ4v) is 3.43. The van der Waals surface area contributed by atoms with Crippen molar-refractivity contribution in [2.24, 2.45) is 0 Å². The zero-order valence-electron chi connectivity index (χ0n) is 18.4. The number of hydrogen-bond acceptors (Lipinski definition) is 4. The highest BCUT2D eigenvalue weighted by Gasteiger charge is 2.06. The molecule has 1 atom stereocenters. The molecule has 0 amide bonds. The Kier molecular flexibility index (Phi) is 8.53. The lowest BCUT2D eigenvalue weighted by atomic mass is 10.0. The van der Waals surface area contributed by atoms with Gasteiger partial charge in [-0.25, -0.2) is 14.4 Å². The molecule has 1 heterocycles. The van der Waals surface area contributed by atoms with Gasteiger partial charge < -0.3 is 9.84 Å². The summed E-state index contributed by atoms with van der Waals surface area (Å²) in [6.45, 7) is 5.20. The van der Waals surface area contributed by atoms with Crippen LogP contribution in [-0.2, 0) is 4.74 Å². The number of unbranched alkanes of at least 4 members (excludes halogenated alkanes) is 3. The van der Waals surface area contributed by atoms with E-state index in [1.807, 2.05) is 24.3 Å². The molecule has 0 saturated carbocycles. The molecule has 0 aliphatic carbocycles. The van der Waals surface area contributed by atoms with Gasteiger partial charge in [0.25, 0.3) is 0 Å². The number of phenols is 1. The van der Waals surface area contributed by atoms with Crippen LogP contribution in [0.2, 0.25) is 0 Å². The van der Waals surface area contributed by atoms with Gasteiger partial charge in [-0.1, -0.05) is 38.0 Å². The topological polar surface area (TPSA) is 55.2 Å². The second kappa shape index (κ2) is 11.6. The SMILES string of the molecule is CCCCCOC(C)CCC/C=C/c1ncc2cc(-c3ccc(O)c(F)c3)ccc2n1. The van der Waals surface area contributed by atoms with Gasteiger partial charge >= 0.3 is 0 Å². The van der Waals surface area contributed by atoms with Crippen LogP contribution in [0, 0.1) is 5.82 Å². The third kappa shape index (κ3) is 6.86. The smallest absolute Gasteiger partial charge is 0.165 e. The first-order valence-electron chi connectivity index (χ1n) is 11.1.